The van der Waals surface area contributed by atoms with Crippen molar-refractivity contribution >= 4 is 34.5 Å². The van der Waals surface area contributed by atoms with Gasteiger partial charge < -0.3 is 16.0 Å². The largest absolute Gasteiger partial charge is 0.397 e. The molecule has 25 heavy (non-hydrogen) atoms. The van der Waals surface area contributed by atoms with Gasteiger partial charge >= 0.3 is 0 Å². The maximum atomic E-state index is 12.4. The van der Waals surface area contributed by atoms with E-state index in [4.69, 9.17) is 5.73 Å². The van der Waals surface area contributed by atoms with Crippen LogP contribution < -0.4 is 11.1 Å². The third-order valence-corrected chi connectivity index (χ3v) is 5.59. The number of nitrogens with two attached hydrogens (primary N) is 1. The number of benzene rings is 1. The number of nitrogens with zero attached hydrogens (tertiary/aromatic N) is 1. The molecule has 3 rings (SSSR count). The number of piperidine rings is 1. The van der Waals surface area contributed by atoms with Crippen molar-refractivity contribution in [3.8, 4) is 10.4 Å². The Hall–Kier alpha value is -2.34. The highest BCUT2D eigenvalue weighted by Gasteiger charge is 2.23. The Bertz CT molecular complexity index is 750. The first-order valence-electron chi connectivity index (χ1n) is 8.51. The molecule has 0 saturated carbocycles. The minimum absolute atomic E-state index is 0.0173. The van der Waals surface area contributed by atoms with Crippen LogP contribution in [0.5, 0.6) is 0 Å². The predicted octanol–water partition coefficient (Wildman–Crippen LogP) is 3.58. The van der Waals surface area contributed by atoms with Crippen LogP contribution in [-0.4, -0.2) is 29.8 Å². The third-order valence-electron chi connectivity index (χ3n) is 4.67. The maximum Gasteiger partial charge on any atom is 0.224 e. The normalized spacial score (nSPS) is 15.2. The molecule has 0 radical (unpaired) electrons. The van der Waals surface area contributed by atoms with E-state index in [1.807, 2.05) is 40.6 Å². The Morgan fingerprint density at radius 2 is 2.04 bits per heavy atom. The molecule has 2 amide bonds. The highest BCUT2D eigenvalue weighted by Crippen LogP contribution is 2.30. The lowest BCUT2D eigenvalue weighted by Gasteiger charge is -2.31. The first-order chi connectivity index (χ1) is 12.0. The summed E-state index contributed by atoms with van der Waals surface area (Å²) in [7, 11) is 0. The van der Waals surface area contributed by atoms with Crippen LogP contribution in [0.3, 0.4) is 0 Å². The zero-order valence-corrected chi connectivity index (χ0v) is 15.1. The molecule has 1 aromatic carbocycles. The van der Waals surface area contributed by atoms with Gasteiger partial charge in [0.1, 0.15) is 0 Å². The fraction of sp³-hybridized carbons (Fsp3) is 0.368. The number of carbonyl (C=O) groups is 2. The highest BCUT2D eigenvalue weighted by atomic mass is 32.1. The summed E-state index contributed by atoms with van der Waals surface area (Å²) in [5.74, 6) is 0.412. The second-order valence-corrected chi connectivity index (χ2v) is 7.43. The van der Waals surface area contributed by atoms with E-state index < -0.39 is 0 Å². The molecule has 132 valence electrons. The average molecular weight is 357 g/mol. The van der Waals surface area contributed by atoms with Gasteiger partial charge in [-0.3, -0.25) is 9.59 Å². The van der Waals surface area contributed by atoms with Crippen molar-refractivity contribution < 1.29 is 9.59 Å². The number of thiophene rings is 1. The second-order valence-electron chi connectivity index (χ2n) is 6.48. The number of anilines is 2. The number of rotatable bonds is 4. The van der Waals surface area contributed by atoms with E-state index in [2.05, 4.69) is 5.32 Å². The standard InChI is InChI=1S/C19H23N3O2S/c1-13(23)22-8-6-14(7-9-22)11-19(24)21-17-12-15(4-5-16(17)20)18-3-2-10-25-18/h2-5,10,12,14H,6-9,11,20H2,1H3,(H,21,24). The van der Waals surface area contributed by atoms with Crippen molar-refractivity contribution in [2.45, 2.75) is 26.2 Å². The molecule has 2 aromatic rings. The van der Waals surface area contributed by atoms with Crippen molar-refractivity contribution in [3.05, 3.63) is 35.7 Å². The van der Waals surface area contributed by atoms with Gasteiger partial charge in [-0.2, -0.15) is 0 Å². The minimum Gasteiger partial charge on any atom is -0.397 e. The molecule has 1 aliphatic rings. The lowest BCUT2D eigenvalue weighted by atomic mass is 9.93. The number of nitrogens with one attached hydrogen (secondary N) is 1. The van der Waals surface area contributed by atoms with E-state index in [0.29, 0.717) is 23.7 Å². The van der Waals surface area contributed by atoms with E-state index in [-0.39, 0.29) is 11.8 Å². The topological polar surface area (TPSA) is 75.4 Å². The monoisotopic (exact) mass is 357 g/mol. The van der Waals surface area contributed by atoms with Gasteiger partial charge in [-0.25, -0.2) is 0 Å². The Morgan fingerprint density at radius 1 is 1.28 bits per heavy atom. The quantitative estimate of drug-likeness (QED) is 0.821. The molecular weight excluding hydrogens is 334 g/mol. The number of hydrogen-bond donors (Lipinski definition) is 2. The van der Waals surface area contributed by atoms with Gasteiger partial charge in [0.05, 0.1) is 11.4 Å². The van der Waals surface area contributed by atoms with E-state index in [0.717, 1.165) is 36.4 Å². The van der Waals surface area contributed by atoms with E-state index in [9.17, 15) is 9.59 Å². The molecule has 0 unspecified atom stereocenters. The molecular formula is C19H23N3O2S. The molecule has 0 spiro atoms. The van der Waals surface area contributed by atoms with Gasteiger partial charge in [-0.05, 0) is 47.9 Å². The fourth-order valence-electron chi connectivity index (χ4n) is 3.18. The molecule has 5 nitrogen and oxygen atoms in total. The Labute approximate surface area is 151 Å². The Balaban J connectivity index is 1.60. The summed E-state index contributed by atoms with van der Waals surface area (Å²) in [6.07, 6.45) is 2.21. The highest BCUT2D eigenvalue weighted by molar-refractivity contribution is 7.13. The number of nitrogen functional groups attached to an aromatic ring is 1. The van der Waals surface area contributed by atoms with Crippen LogP contribution in [-0.2, 0) is 9.59 Å². The molecule has 2 heterocycles. The minimum atomic E-state index is -0.0173. The van der Waals surface area contributed by atoms with E-state index in [1.165, 1.54) is 0 Å². The first-order valence-corrected chi connectivity index (χ1v) is 9.39. The zero-order chi connectivity index (χ0) is 17.8. The Morgan fingerprint density at radius 3 is 2.68 bits per heavy atom. The van der Waals surface area contributed by atoms with Crippen LogP contribution in [0.1, 0.15) is 26.2 Å². The summed E-state index contributed by atoms with van der Waals surface area (Å²) in [4.78, 5) is 26.8. The van der Waals surface area contributed by atoms with Crippen LogP contribution >= 0.6 is 11.3 Å². The van der Waals surface area contributed by atoms with Crippen LogP contribution in [0, 0.1) is 5.92 Å². The first kappa shape index (κ1) is 17.5. The molecule has 1 aliphatic heterocycles. The van der Waals surface area contributed by atoms with Gasteiger partial charge in [-0.1, -0.05) is 12.1 Å². The number of amides is 2. The van der Waals surface area contributed by atoms with Crippen molar-refractivity contribution in [1.29, 1.82) is 0 Å². The molecule has 1 aromatic heterocycles. The third kappa shape index (κ3) is 4.39. The van der Waals surface area contributed by atoms with Gasteiger partial charge in [0.2, 0.25) is 11.8 Å². The Kier molecular flexibility index (Phi) is 5.38. The lowest BCUT2D eigenvalue weighted by molar-refractivity contribution is -0.130. The molecule has 1 fully saturated rings. The van der Waals surface area contributed by atoms with Gasteiger partial charge in [-0.15, -0.1) is 11.3 Å². The van der Waals surface area contributed by atoms with Crippen LogP contribution in [0.2, 0.25) is 0 Å². The van der Waals surface area contributed by atoms with Gasteiger partial charge in [0.15, 0.2) is 0 Å². The summed E-state index contributed by atoms with van der Waals surface area (Å²) in [6.45, 7) is 3.07. The molecule has 3 N–H and O–H groups in total. The van der Waals surface area contributed by atoms with Crippen molar-refractivity contribution in [3.63, 3.8) is 0 Å². The van der Waals surface area contributed by atoms with Crippen molar-refractivity contribution in [1.82, 2.24) is 4.90 Å². The van der Waals surface area contributed by atoms with Gasteiger partial charge in [0, 0.05) is 31.3 Å². The zero-order valence-electron chi connectivity index (χ0n) is 14.3. The van der Waals surface area contributed by atoms with Crippen LogP contribution in [0.15, 0.2) is 35.7 Å². The van der Waals surface area contributed by atoms with E-state index in [1.54, 1.807) is 18.3 Å². The van der Waals surface area contributed by atoms with E-state index >= 15 is 0 Å². The molecule has 6 heteroatoms. The SMILES string of the molecule is CC(=O)N1CCC(CC(=O)Nc2cc(-c3cccs3)ccc2N)CC1. The van der Waals surface area contributed by atoms with Crippen LogP contribution in [0.25, 0.3) is 10.4 Å². The smallest absolute Gasteiger partial charge is 0.224 e. The summed E-state index contributed by atoms with van der Waals surface area (Å²) < 4.78 is 0. The second kappa shape index (κ2) is 7.70. The molecule has 0 atom stereocenters. The summed E-state index contributed by atoms with van der Waals surface area (Å²) in [5.41, 5.74) is 8.30. The number of hydrogen-bond acceptors (Lipinski definition) is 4. The average Bonchev–Trinajstić information content (AvgIpc) is 3.12. The summed E-state index contributed by atoms with van der Waals surface area (Å²) >= 11 is 1.65. The van der Waals surface area contributed by atoms with Crippen molar-refractivity contribution in [2.75, 3.05) is 24.1 Å². The maximum absolute atomic E-state index is 12.4. The summed E-state index contributed by atoms with van der Waals surface area (Å²) in [6, 6.07) is 9.77. The number of likely N-dealkylation sites (tertiary alicyclic amines) is 1. The van der Waals surface area contributed by atoms with Crippen molar-refractivity contribution in [2.24, 2.45) is 5.92 Å². The number of carbonyl (C=O) groups excluding carboxylic acids is 2. The summed E-state index contributed by atoms with van der Waals surface area (Å²) in [5, 5.41) is 4.98. The lowest BCUT2D eigenvalue weighted by Crippen LogP contribution is -2.37. The fourth-order valence-corrected chi connectivity index (χ4v) is 3.90. The van der Waals surface area contributed by atoms with Crippen LogP contribution in [0.4, 0.5) is 11.4 Å². The molecule has 0 aliphatic carbocycles. The predicted molar refractivity (Wildman–Crippen MR) is 102 cm³/mol. The molecule has 0 bridgehead atoms. The van der Waals surface area contributed by atoms with Gasteiger partial charge in [0.25, 0.3) is 0 Å². The molecule has 1 saturated heterocycles.